The second kappa shape index (κ2) is 5.52. The predicted molar refractivity (Wildman–Crippen MR) is 79.3 cm³/mol. The third kappa shape index (κ3) is 3.49. The van der Waals surface area contributed by atoms with Crippen LogP contribution >= 0.6 is 22.9 Å². The molecule has 0 fully saturated rings. The Morgan fingerprint density at radius 1 is 1.47 bits per heavy atom. The van der Waals surface area contributed by atoms with Crippen molar-refractivity contribution in [3.63, 3.8) is 0 Å². The van der Waals surface area contributed by atoms with Crippen molar-refractivity contribution in [2.24, 2.45) is 0 Å². The molecule has 2 aromatic rings. The molecule has 0 aliphatic carbocycles. The van der Waals surface area contributed by atoms with Gasteiger partial charge in [-0.15, -0.1) is 11.3 Å². The van der Waals surface area contributed by atoms with Gasteiger partial charge in [0, 0.05) is 11.9 Å². The molecule has 8 heteroatoms. The van der Waals surface area contributed by atoms with Gasteiger partial charge >= 0.3 is 0 Å². The number of nitrogens with zero attached hydrogens (tertiary/aromatic N) is 2. The zero-order chi connectivity index (χ0) is 14.0. The van der Waals surface area contributed by atoms with Gasteiger partial charge in [0.25, 0.3) is 0 Å². The van der Waals surface area contributed by atoms with Gasteiger partial charge in [-0.2, -0.15) is 5.10 Å². The maximum atomic E-state index is 11.4. The van der Waals surface area contributed by atoms with Crippen LogP contribution in [0.3, 0.4) is 0 Å². The quantitative estimate of drug-likeness (QED) is 0.917. The molecule has 19 heavy (non-hydrogen) atoms. The summed E-state index contributed by atoms with van der Waals surface area (Å²) >= 11 is 7.26. The number of hydrogen-bond donors (Lipinski definition) is 1. The summed E-state index contributed by atoms with van der Waals surface area (Å²) in [5, 5.41) is 4.31. The molecule has 2 aromatic heterocycles. The van der Waals surface area contributed by atoms with E-state index in [-0.39, 0.29) is 11.5 Å². The Bertz CT molecular complexity index is 676. The molecular weight excluding hydrogens is 306 g/mol. The molecule has 0 bridgehead atoms. The summed E-state index contributed by atoms with van der Waals surface area (Å²) < 4.78 is 25.1. The molecule has 0 aromatic carbocycles. The van der Waals surface area contributed by atoms with Crippen molar-refractivity contribution in [2.45, 2.75) is 13.5 Å². The molecule has 0 spiro atoms. The molecule has 0 aliphatic heterocycles. The number of sulfone groups is 1. The first-order valence-electron chi connectivity index (χ1n) is 5.70. The van der Waals surface area contributed by atoms with Crippen LogP contribution in [0.5, 0.6) is 0 Å². The Morgan fingerprint density at radius 2 is 2.21 bits per heavy atom. The van der Waals surface area contributed by atoms with E-state index in [1.54, 1.807) is 23.9 Å². The number of anilines is 1. The van der Waals surface area contributed by atoms with Crippen molar-refractivity contribution in [1.29, 1.82) is 0 Å². The highest BCUT2D eigenvalue weighted by Crippen LogP contribution is 2.33. The zero-order valence-electron chi connectivity index (χ0n) is 10.3. The van der Waals surface area contributed by atoms with Crippen LogP contribution < -0.4 is 5.73 Å². The van der Waals surface area contributed by atoms with Crippen molar-refractivity contribution >= 4 is 38.5 Å². The zero-order valence-corrected chi connectivity index (χ0v) is 12.7. The summed E-state index contributed by atoms with van der Waals surface area (Å²) in [6, 6.07) is 3.63. The van der Waals surface area contributed by atoms with Gasteiger partial charge in [0.1, 0.15) is 5.69 Å². The van der Waals surface area contributed by atoms with E-state index in [0.717, 1.165) is 4.88 Å². The van der Waals surface area contributed by atoms with Crippen LogP contribution in [0.25, 0.3) is 10.6 Å². The van der Waals surface area contributed by atoms with Crippen LogP contribution in [0, 0.1) is 0 Å². The average molecular weight is 320 g/mol. The van der Waals surface area contributed by atoms with Crippen molar-refractivity contribution in [3.8, 4) is 10.6 Å². The molecule has 0 saturated heterocycles. The number of hydrogen-bond acceptors (Lipinski definition) is 5. The molecule has 104 valence electrons. The van der Waals surface area contributed by atoms with E-state index in [1.165, 1.54) is 11.3 Å². The Balaban J connectivity index is 2.18. The molecular formula is C11H14ClN3O2S2. The van der Waals surface area contributed by atoms with Crippen LogP contribution in [0.15, 0.2) is 18.3 Å². The van der Waals surface area contributed by atoms with Gasteiger partial charge in [-0.1, -0.05) is 18.5 Å². The van der Waals surface area contributed by atoms with Crippen LogP contribution in [0.4, 0.5) is 5.69 Å². The van der Waals surface area contributed by atoms with E-state index >= 15 is 0 Å². The number of aromatic nitrogens is 2. The lowest BCUT2D eigenvalue weighted by atomic mass is 10.3. The number of rotatable bonds is 5. The highest BCUT2D eigenvalue weighted by Gasteiger charge is 2.13. The molecule has 0 amide bonds. The van der Waals surface area contributed by atoms with Gasteiger partial charge in [-0.05, 0) is 12.1 Å². The SMILES string of the molecule is CCS(=O)(=O)CCn1cc(N)c(-c2ccc(Cl)s2)n1. The molecule has 0 radical (unpaired) electrons. The minimum Gasteiger partial charge on any atom is -0.396 e. The normalized spacial score (nSPS) is 11.9. The van der Waals surface area contributed by atoms with E-state index in [1.807, 2.05) is 6.07 Å². The molecule has 2 N–H and O–H groups in total. The van der Waals surface area contributed by atoms with Gasteiger partial charge in [0.2, 0.25) is 0 Å². The summed E-state index contributed by atoms with van der Waals surface area (Å²) in [6.07, 6.45) is 1.65. The molecule has 0 atom stereocenters. The van der Waals surface area contributed by atoms with Gasteiger partial charge < -0.3 is 5.73 Å². The number of nitrogens with two attached hydrogens (primary N) is 1. The summed E-state index contributed by atoms with van der Waals surface area (Å²) in [5.74, 6) is 0.201. The number of thiophene rings is 1. The summed E-state index contributed by atoms with van der Waals surface area (Å²) in [5.41, 5.74) is 7.05. The Hall–Kier alpha value is -1.05. The van der Waals surface area contributed by atoms with Gasteiger partial charge in [-0.3, -0.25) is 4.68 Å². The Morgan fingerprint density at radius 3 is 2.79 bits per heavy atom. The summed E-state index contributed by atoms with van der Waals surface area (Å²) in [7, 11) is -3.00. The fourth-order valence-corrected chi connectivity index (χ4v) is 3.37. The van der Waals surface area contributed by atoms with Crippen molar-refractivity contribution < 1.29 is 8.42 Å². The third-order valence-corrected chi connectivity index (χ3v) is 5.59. The summed E-state index contributed by atoms with van der Waals surface area (Å²) in [4.78, 5) is 0.875. The van der Waals surface area contributed by atoms with Crippen molar-refractivity contribution in [3.05, 3.63) is 22.7 Å². The van der Waals surface area contributed by atoms with Gasteiger partial charge in [0.15, 0.2) is 9.84 Å². The van der Waals surface area contributed by atoms with E-state index in [0.29, 0.717) is 22.3 Å². The summed E-state index contributed by atoms with van der Waals surface area (Å²) in [6.45, 7) is 1.94. The highest BCUT2D eigenvalue weighted by molar-refractivity contribution is 7.91. The third-order valence-electron chi connectivity index (χ3n) is 2.67. The van der Waals surface area contributed by atoms with Crippen LogP contribution in [0.1, 0.15) is 6.92 Å². The standard InChI is InChI=1S/C11H14ClN3O2S2/c1-2-19(16,17)6-5-15-7-8(13)11(14-15)9-3-4-10(12)18-9/h3-4,7H,2,5-6,13H2,1H3. The molecule has 5 nitrogen and oxygen atoms in total. The fourth-order valence-electron chi connectivity index (χ4n) is 1.56. The molecule has 0 unspecified atom stereocenters. The maximum absolute atomic E-state index is 11.4. The lowest BCUT2D eigenvalue weighted by Crippen LogP contribution is -2.14. The largest absolute Gasteiger partial charge is 0.396 e. The van der Waals surface area contributed by atoms with Crippen molar-refractivity contribution in [1.82, 2.24) is 9.78 Å². The smallest absolute Gasteiger partial charge is 0.151 e. The lowest BCUT2D eigenvalue weighted by Gasteiger charge is -2.01. The van der Waals surface area contributed by atoms with Crippen LogP contribution in [-0.2, 0) is 16.4 Å². The van der Waals surface area contributed by atoms with E-state index < -0.39 is 9.84 Å². The monoisotopic (exact) mass is 319 g/mol. The van der Waals surface area contributed by atoms with Crippen LogP contribution in [-0.4, -0.2) is 29.7 Å². The van der Waals surface area contributed by atoms with Crippen molar-refractivity contribution in [2.75, 3.05) is 17.2 Å². The van der Waals surface area contributed by atoms with E-state index in [9.17, 15) is 8.42 Å². The molecule has 2 rings (SSSR count). The highest BCUT2D eigenvalue weighted by atomic mass is 35.5. The lowest BCUT2D eigenvalue weighted by molar-refractivity contribution is 0.582. The number of halogens is 1. The molecule has 2 heterocycles. The Kier molecular flexibility index (Phi) is 4.17. The van der Waals surface area contributed by atoms with Crippen LogP contribution in [0.2, 0.25) is 4.34 Å². The topological polar surface area (TPSA) is 78.0 Å². The fraction of sp³-hybridized carbons (Fsp3) is 0.364. The second-order valence-electron chi connectivity index (χ2n) is 4.04. The van der Waals surface area contributed by atoms with E-state index in [2.05, 4.69) is 5.10 Å². The van der Waals surface area contributed by atoms with Gasteiger partial charge in [0.05, 0.1) is 27.2 Å². The molecule has 0 aliphatic rings. The van der Waals surface area contributed by atoms with Gasteiger partial charge in [-0.25, -0.2) is 8.42 Å². The first-order valence-corrected chi connectivity index (χ1v) is 8.72. The Labute approximate surface area is 120 Å². The first kappa shape index (κ1) is 14.4. The van der Waals surface area contributed by atoms with E-state index in [4.69, 9.17) is 17.3 Å². The first-order chi connectivity index (χ1) is 8.91. The average Bonchev–Trinajstić information content (AvgIpc) is 2.93. The maximum Gasteiger partial charge on any atom is 0.151 e. The number of aryl methyl sites for hydroxylation is 1. The number of nitrogen functional groups attached to an aromatic ring is 1. The minimum absolute atomic E-state index is 0.0647. The predicted octanol–water partition coefficient (Wildman–Crippen LogP) is 2.28. The minimum atomic E-state index is -3.00. The second-order valence-corrected chi connectivity index (χ2v) is 8.22. The molecule has 0 saturated carbocycles.